The van der Waals surface area contributed by atoms with Crippen LogP contribution in [0.25, 0.3) is 22.0 Å². The third-order valence-electron chi connectivity index (χ3n) is 7.17. The van der Waals surface area contributed by atoms with Crippen molar-refractivity contribution in [3.8, 4) is 11.1 Å². The molecule has 0 saturated heterocycles. The second-order valence-corrected chi connectivity index (χ2v) is 12.1. The summed E-state index contributed by atoms with van der Waals surface area (Å²) in [4.78, 5) is 27.0. The van der Waals surface area contributed by atoms with Crippen molar-refractivity contribution in [3.05, 3.63) is 72.6 Å². The lowest BCUT2D eigenvalue weighted by molar-refractivity contribution is 0.0681. The second kappa shape index (κ2) is 11.7. The van der Waals surface area contributed by atoms with Gasteiger partial charge in [0.05, 0.1) is 21.9 Å². The van der Waals surface area contributed by atoms with Gasteiger partial charge in [0.15, 0.2) is 0 Å². The fourth-order valence-electron chi connectivity index (χ4n) is 4.81. The van der Waals surface area contributed by atoms with Crippen molar-refractivity contribution in [2.75, 3.05) is 31.8 Å². The number of amides is 1. The van der Waals surface area contributed by atoms with Crippen LogP contribution in [0.5, 0.6) is 0 Å². The number of carbonyl (C=O) groups is 1. The largest absolute Gasteiger partial charge is 0.381 e. The number of ether oxygens (including phenoxy) is 1. The fraction of sp³-hybridized carbons (Fsp3) is 0.310. The molecule has 0 bridgehead atoms. The highest BCUT2D eigenvalue weighted by Crippen LogP contribution is 2.32. The monoisotopic (exact) mass is 560 g/mol. The number of nitrogens with one attached hydrogen (secondary N) is 2. The van der Waals surface area contributed by atoms with E-state index in [9.17, 15) is 13.2 Å². The van der Waals surface area contributed by atoms with Crippen LogP contribution in [0.3, 0.4) is 0 Å². The van der Waals surface area contributed by atoms with Crippen LogP contribution in [0, 0.1) is 0 Å². The van der Waals surface area contributed by atoms with Gasteiger partial charge in [-0.05, 0) is 55.5 Å². The van der Waals surface area contributed by atoms with E-state index in [2.05, 4.69) is 20.6 Å². The molecular weight excluding hydrogens is 528 g/mol. The first-order chi connectivity index (χ1) is 19.3. The summed E-state index contributed by atoms with van der Waals surface area (Å²) in [6.45, 7) is 0. The molecule has 2 N–H and O–H groups in total. The molecule has 4 aromatic rings. The van der Waals surface area contributed by atoms with Gasteiger partial charge in [0.25, 0.3) is 5.91 Å². The van der Waals surface area contributed by atoms with Crippen molar-refractivity contribution in [2.24, 2.45) is 0 Å². The summed E-state index contributed by atoms with van der Waals surface area (Å²) >= 11 is 0. The molecule has 40 heavy (non-hydrogen) atoms. The maximum atomic E-state index is 12.9. The van der Waals surface area contributed by atoms with Crippen molar-refractivity contribution in [1.82, 2.24) is 19.3 Å². The van der Waals surface area contributed by atoms with Crippen LogP contribution < -0.4 is 10.6 Å². The first-order valence-electron chi connectivity index (χ1n) is 13.1. The summed E-state index contributed by atoms with van der Waals surface area (Å²) in [5, 5.41) is 6.91. The van der Waals surface area contributed by atoms with E-state index in [0.29, 0.717) is 33.8 Å². The van der Waals surface area contributed by atoms with Gasteiger partial charge in [-0.2, -0.15) is 0 Å². The lowest BCUT2D eigenvalue weighted by Gasteiger charge is -2.28. The number of rotatable bonds is 8. The van der Waals surface area contributed by atoms with Crippen molar-refractivity contribution < 1.29 is 17.9 Å². The van der Waals surface area contributed by atoms with Crippen molar-refractivity contribution in [2.45, 2.75) is 42.7 Å². The van der Waals surface area contributed by atoms with E-state index < -0.39 is 10.0 Å². The Labute approximate surface area is 233 Å². The zero-order valence-corrected chi connectivity index (χ0v) is 23.5. The van der Waals surface area contributed by atoms with Crippen LogP contribution in [0.2, 0.25) is 0 Å². The zero-order chi connectivity index (χ0) is 28.3. The standard InChI is InChI=1S/C29H32N6O4S/c1-35(2)40(37,38)23-15-9-19(10-16-23)24-17-30-27(34-28(36)20-7-5-4-6-8-20)25-18-31-29(33-26(24)25)32-21-11-13-22(39-3)14-12-21/h4-10,15-18,21-22H,11-14H2,1-3H3,(H,30,34,36)(H,31,32,33). The molecule has 10 nitrogen and oxygen atoms in total. The highest BCUT2D eigenvalue weighted by atomic mass is 32.2. The van der Waals surface area contributed by atoms with Crippen LogP contribution in [0.4, 0.5) is 11.8 Å². The van der Waals surface area contributed by atoms with Gasteiger partial charge in [-0.15, -0.1) is 0 Å². The Hall–Kier alpha value is -3.93. The Bertz CT molecular complexity index is 1600. The van der Waals surface area contributed by atoms with Crippen molar-refractivity contribution in [1.29, 1.82) is 0 Å². The van der Waals surface area contributed by atoms with Crippen LogP contribution in [-0.4, -0.2) is 66.9 Å². The second-order valence-electron chi connectivity index (χ2n) is 9.96. The number of methoxy groups -OCH3 is 1. The normalized spacial score (nSPS) is 17.6. The Morgan fingerprint density at radius 2 is 1.65 bits per heavy atom. The quantitative estimate of drug-likeness (QED) is 0.321. The molecule has 0 aliphatic heterocycles. The predicted molar refractivity (Wildman–Crippen MR) is 155 cm³/mol. The molecule has 1 amide bonds. The van der Waals surface area contributed by atoms with Gasteiger partial charge in [-0.25, -0.2) is 27.7 Å². The molecule has 2 heterocycles. The lowest BCUT2D eigenvalue weighted by Crippen LogP contribution is -2.29. The Kier molecular flexibility index (Phi) is 8.06. The molecule has 1 fully saturated rings. The topological polar surface area (TPSA) is 126 Å². The molecule has 1 aliphatic rings. The number of anilines is 2. The lowest BCUT2D eigenvalue weighted by atomic mass is 9.93. The Balaban J connectivity index is 1.52. The molecule has 1 aliphatic carbocycles. The Morgan fingerprint density at radius 3 is 2.30 bits per heavy atom. The molecule has 0 atom stereocenters. The summed E-state index contributed by atoms with van der Waals surface area (Å²) in [5.41, 5.74) is 2.52. The molecule has 2 aromatic heterocycles. The molecule has 208 valence electrons. The van der Waals surface area contributed by atoms with E-state index in [1.807, 2.05) is 6.07 Å². The smallest absolute Gasteiger partial charge is 0.256 e. The van der Waals surface area contributed by atoms with Gasteiger partial charge in [-0.3, -0.25) is 4.79 Å². The molecule has 11 heteroatoms. The summed E-state index contributed by atoms with van der Waals surface area (Å²) in [7, 11) is 1.17. The van der Waals surface area contributed by atoms with E-state index in [4.69, 9.17) is 9.72 Å². The highest BCUT2D eigenvalue weighted by Gasteiger charge is 2.23. The first kappa shape index (κ1) is 27.6. The predicted octanol–water partition coefficient (Wildman–Crippen LogP) is 4.56. The van der Waals surface area contributed by atoms with E-state index in [1.165, 1.54) is 18.4 Å². The Morgan fingerprint density at radius 1 is 0.950 bits per heavy atom. The van der Waals surface area contributed by atoms with E-state index in [1.54, 1.807) is 68.0 Å². The van der Waals surface area contributed by atoms with Crippen molar-refractivity contribution >= 4 is 38.6 Å². The number of fused-ring (bicyclic) bond motifs is 1. The average molecular weight is 561 g/mol. The van der Waals surface area contributed by atoms with Crippen molar-refractivity contribution in [3.63, 3.8) is 0 Å². The maximum absolute atomic E-state index is 12.9. The summed E-state index contributed by atoms with van der Waals surface area (Å²) in [6.07, 6.45) is 7.41. The van der Waals surface area contributed by atoms with Gasteiger partial charge >= 0.3 is 0 Å². The number of pyridine rings is 1. The van der Waals surface area contributed by atoms with Crippen LogP contribution >= 0.6 is 0 Å². The van der Waals surface area contributed by atoms with E-state index in [-0.39, 0.29) is 22.9 Å². The molecule has 1 saturated carbocycles. The summed E-state index contributed by atoms with van der Waals surface area (Å²) in [6, 6.07) is 15.7. The van der Waals surface area contributed by atoms with E-state index >= 15 is 0 Å². The number of aromatic nitrogens is 3. The summed E-state index contributed by atoms with van der Waals surface area (Å²) in [5.74, 6) is 0.525. The third-order valence-corrected chi connectivity index (χ3v) is 9.00. The zero-order valence-electron chi connectivity index (χ0n) is 22.7. The highest BCUT2D eigenvalue weighted by molar-refractivity contribution is 7.89. The minimum Gasteiger partial charge on any atom is -0.381 e. The van der Waals surface area contributed by atoms with Gasteiger partial charge in [0.2, 0.25) is 16.0 Å². The summed E-state index contributed by atoms with van der Waals surface area (Å²) < 4.78 is 31.8. The van der Waals surface area contributed by atoms with Gasteiger partial charge in [0, 0.05) is 50.8 Å². The average Bonchev–Trinajstić information content (AvgIpc) is 2.98. The molecule has 0 radical (unpaired) electrons. The number of hydrogen-bond acceptors (Lipinski definition) is 8. The number of carbonyl (C=O) groups excluding carboxylic acids is 1. The number of sulfonamides is 1. The minimum atomic E-state index is -3.57. The van der Waals surface area contributed by atoms with Crippen LogP contribution in [-0.2, 0) is 14.8 Å². The van der Waals surface area contributed by atoms with Crippen LogP contribution in [0.15, 0.2) is 71.9 Å². The minimum absolute atomic E-state index is 0.189. The van der Waals surface area contributed by atoms with Gasteiger partial charge in [-0.1, -0.05) is 30.3 Å². The molecule has 5 rings (SSSR count). The fourth-order valence-corrected chi connectivity index (χ4v) is 5.71. The number of hydrogen-bond donors (Lipinski definition) is 2. The van der Waals surface area contributed by atoms with Crippen LogP contribution in [0.1, 0.15) is 36.0 Å². The first-order valence-corrected chi connectivity index (χ1v) is 14.5. The third kappa shape index (κ3) is 5.81. The maximum Gasteiger partial charge on any atom is 0.256 e. The number of benzene rings is 2. The van der Waals surface area contributed by atoms with E-state index in [0.717, 1.165) is 31.2 Å². The number of nitrogens with zero attached hydrogens (tertiary/aromatic N) is 4. The molecule has 0 spiro atoms. The molecule has 0 unspecified atom stereocenters. The van der Waals surface area contributed by atoms with Gasteiger partial charge < -0.3 is 15.4 Å². The molecule has 2 aromatic carbocycles. The molecular formula is C29H32N6O4S. The SMILES string of the molecule is COC1CCC(Nc2ncc3c(NC(=O)c4ccccc4)ncc(-c4ccc(S(=O)(=O)N(C)C)cc4)c3n2)CC1. The van der Waals surface area contributed by atoms with Gasteiger partial charge in [0.1, 0.15) is 5.82 Å².